The van der Waals surface area contributed by atoms with E-state index in [-0.39, 0.29) is 5.75 Å². The van der Waals surface area contributed by atoms with Gasteiger partial charge in [-0.05, 0) is 28.1 Å². The molecule has 0 N–H and O–H groups in total. The summed E-state index contributed by atoms with van der Waals surface area (Å²) in [5.41, 5.74) is 0.0233. The Morgan fingerprint density at radius 3 is 2.94 bits per heavy atom. The summed E-state index contributed by atoms with van der Waals surface area (Å²) in [5.74, 6) is 0.135. The van der Waals surface area contributed by atoms with Gasteiger partial charge in [-0.2, -0.15) is 0 Å². The Morgan fingerprint density at radius 1 is 1.33 bits per heavy atom. The van der Waals surface area contributed by atoms with Crippen LogP contribution in [-0.2, 0) is 0 Å². The second kappa shape index (κ2) is 4.55. The zero-order valence-corrected chi connectivity index (χ0v) is 11.3. The van der Waals surface area contributed by atoms with Gasteiger partial charge in [0.2, 0.25) is 5.75 Å². The van der Waals surface area contributed by atoms with Crippen LogP contribution >= 0.6 is 27.3 Å². The maximum absolute atomic E-state index is 11.7. The van der Waals surface area contributed by atoms with Crippen molar-refractivity contribution in [3.05, 3.63) is 50.7 Å². The van der Waals surface area contributed by atoms with E-state index in [4.69, 9.17) is 9.15 Å². The zero-order chi connectivity index (χ0) is 12.5. The third kappa shape index (κ3) is 2.16. The van der Waals surface area contributed by atoms with E-state index in [9.17, 15) is 4.79 Å². The molecule has 1 aromatic carbocycles. The fourth-order valence-corrected chi connectivity index (χ4v) is 2.52. The van der Waals surface area contributed by atoms with Crippen LogP contribution in [0.15, 0.2) is 49.5 Å². The van der Waals surface area contributed by atoms with Crippen molar-refractivity contribution in [2.45, 2.75) is 0 Å². The number of ether oxygens (including phenoxy) is 1. The van der Waals surface area contributed by atoms with Gasteiger partial charge in [0, 0.05) is 5.39 Å². The average molecular weight is 324 g/mol. The number of benzene rings is 1. The summed E-state index contributed by atoms with van der Waals surface area (Å²) in [6, 6.07) is 8.91. The molecule has 0 atom stereocenters. The van der Waals surface area contributed by atoms with Crippen LogP contribution in [0.3, 0.4) is 0 Å². The molecule has 0 radical (unpaired) electrons. The molecule has 0 bridgehead atoms. The summed E-state index contributed by atoms with van der Waals surface area (Å²) < 4.78 is 11.4. The molecule has 0 unspecified atom stereocenters. The van der Waals surface area contributed by atoms with Crippen LogP contribution in [-0.4, -0.2) is 4.98 Å². The first-order valence-electron chi connectivity index (χ1n) is 5.04. The summed E-state index contributed by atoms with van der Waals surface area (Å²) in [5, 5.41) is 1.20. The van der Waals surface area contributed by atoms with Gasteiger partial charge in [-0.15, -0.1) is 0 Å². The van der Waals surface area contributed by atoms with Crippen molar-refractivity contribution >= 4 is 38.2 Å². The van der Waals surface area contributed by atoms with Crippen molar-refractivity contribution in [1.82, 2.24) is 4.98 Å². The number of hydrogen-bond donors (Lipinski definition) is 0. The van der Waals surface area contributed by atoms with Gasteiger partial charge in [0.25, 0.3) is 5.19 Å². The molecule has 0 saturated heterocycles. The number of thiazole rings is 1. The first kappa shape index (κ1) is 11.4. The minimum absolute atomic E-state index is 0.135. The molecular formula is C12H6BrNO3S. The maximum atomic E-state index is 11.7. The van der Waals surface area contributed by atoms with E-state index in [0.29, 0.717) is 10.8 Å². The van der Waals surface area contributed by atoms with Crippen molar-refractivity contribution in [2.24, 2.45) is 0 Å². The van der Waals surface area contributed by atoms with Gasteiger partial charge in [0.15, 0.2) is 0 Å². The van der Waals surface area contributed by atoms with Crippen molar-refractivity contribution in [2.75, 3.05) is 0 Å². The van der Waals surface area contributed by atoms with Gasteiger partial charge < -0.3 is 9.15 Å². The molecule has 6 heteroatoms. The Morgan fingerprint density at radius 2 is 2.17 bits per heavy atom. The molecule has 0 spiro atoms. The lowest BCUT2D eigenvalue weighted by atomic mass is 10.2. The summed E-state index contributed by atoms with van der Waals surface area (Å²) in [6.07, 6.45) is 1.61. The van der Waals surface area contributed by atoms with Gasteiger partial charge >= 0.3 is 5.63 Å². The molecule has 90 valence electrons. The van der Waals surface area contributed by atoms with Crippen LogP contribution in [0.2, 0.25) is 0 Å². The SMILES string of the molecule is O=c1oc2ccccc2cc1Oc1ncc(Br)s1. The Bertz CT molecular complexity index is 765. The molecule has 2 aromatic heterocycles. The van der Waals surface area contributed by atoms with Gasteiger partial charge in [-0.3, -0.25) is 0 Å². The lowest BCUT2D eigenvalue weighted by Gasteiger charge is -2.01. The number of halogens is 1. The quantitative estimate of drug-likeness (QED) is 0.673. The Labute approximate surface area is 114 Å². The fraction of sp³-hybridized carbons (Fsp3) is 0. The molecule has 2 heterocycles. The number of hydrogen-bond acceptors (Lipinski definition) is 5. The smallest absolute Gasteiger partial charge is 0.379 e. The third-order valence-electron chi connectivity index (χ3n) is 2.26. The van der Waals surface area contributed by atoms with E-state index in [1.807, 2.05) is 18.2 Å². The number of nitrogens with zero attached hydrogens (tertiary/aromatic N) is 1. The fourth-order valence-electron chi connectivity index (χ4n) is 1.49. The van der Waals surface area contributed by atoms with E-state index in [1.54, 1.807) is 18.3 Å². The largest absolute Gasteiger partial charge is 0.423 e. The van der Waals surface area contributed by atoms with Gasteiger partial charge in [-0.25, -0.2) is 9.78 Å². The van der Waals surface area contributed by atoms with Gasteiger partial charge in [0.1, 0.15) is 5.58 Å². The van der Waals surface area contributed by atoms with E-state index in [0.717, 1.165) is 9.17 Å². The molecule has 0 aliphatic rings. The zero-order valence-electron chi connectivity index (χ0n) is 8.92. The van der Waals surface area contributed by atoms with E-state index >= 15 is 0 Å². The topological polar surface area (TPSA) is 52.3 Å². The molecular weight excluding hydrogens is 318 g/mol. The minimum atomic E-state index is -0.514. The number of fused-ring (bicyclic) bond motifs is 1. The maximum Gasteiger partial charge on any atom is 0.379 e. The number of para-hydroxylation sites is 1. The van der Waals surface area contributed by atoms with Crippen molar-refractivity contribution in [3.63, 3.8) is 0 Å². The molecule has 3 rings (SSSR count). The molecule has 0 amide bonds. The average Bonchev–Trinajstić information content (AvgIpc) is 2.76. The summed E-state index contributed by atoms with van der Waals surface area (Å²) in [7, 11) is 0. The molecule has 0 aliphatic heterocycles. The minimum Gasteiger partial charge on any atom is -0.423 e. The molecule has 3 aromatic rings. The highest BCUT2D eigenvalue weighted by atomic mass is 79.9. The first-order valence-corrected chi connectivity index (χ1v) is 6.65. The molecule has 0 fully saturated rings. The highest BCUT2D eigenvalue weighted by Crippen LogP contribution is 2.29. The van der Waals surface area contributed by atoms with Crippen molar-refractivity contribution in [3.8, 4) is 10.9 Å². The van der Waals surface area contributed by atoms with E-state index in [1.165, 1.54) is 11.3 Å². The molecule has 0 aliphatic carbocycles. The summed E-state index contributed by atoms with van der Waals surface area (Å²) >= 11 is 4.58. The van der Waals surface area contributed by atoms with Crippen LogP contribution < -0.4 is 10.4 Å². The Kier molecular flexibility index (Phi) is 2.89. The van der Waals surface area contributed by atoms with E-state index in [2.05, 4.69) is 20.9 Å². The summed E-state index contributed by atoms with van der Waals surface area (Å²) in [4.78, 5) is 15.7. The van der Waals surface area contributed by atoms with Crippen molar-refractivity contribution in [1.29, 1.82) is 0 Å². The molecule has 18 heavy (non-hydrogen) atoms. The van der Waals surface area contributed by atoms with Crippen LogP contribution in [0.1, 0.15) is 0 Å². The second-order valence-electron chi connectivity index (χ2n) is 3.47. The highest BCUT2D eigenvalue weighted by molar-refractivity contribution is 9.11. The molecule has 0 saturated carbocycles. The normalized spacial score (nSPS) is 10.7. The van der Waals surface area contributed by atoms with Crippen molar-refractivity contribution < 1.29 is 9.15 Å². The van der Waals surface area contributed by atoms with Gasteiger partial charge in [-0.1, -0.05) is 29.5 Å². The lowest BCUT2D eigenvalue weighted by molar-refractivity contribution is 0.435. The Hall–Kier alpha value is -1.66. The predicted molar refractivity (Wildman–Crippen MR) is 72.4 cm³/mol. The lowest BCUT2D eigenvalue weighted by Crippen LogP contribution is -2.02. The highest BCUT2D eigenvalue weighted by Gasteiger charge is 2.09. The third-order valence-corrected chi connectivity index (χ3v) is 3.62. The number of aromatic nitrogens is 1. The standard InChI is InChI=1S/C12H6BrNO3S/c13-10-6-14-12(18-10)17-9-5-7-3-1-2-4-8(7)16-11(9)15/h1-6H. The number of rotatable bonds is 2. The first-order chi connectivity index (χ1) is 8.72. The van der Waals surface area contributed by atoms with Crippen LogP contribution in [0.5, 0.6) is 10.9 Å². The van der Waals surface area contributed by atoms with Gasteiger partial charge in [0.05, 0.1) is 9.98 Å². The Balaban J connectivity index is 2.06. The predicted octanol–water partition coefficient (Wildman–Crippen LogP) is 3.80. The molecule has 4 nitrogen and oxygen atoms in total. The van der Waals surface area contributed by atoms with Crippen LogP contribution in [0.4, 0.5) is 0 Å². The van der Waals surface area contributed by atoms with Crippen LogP contribution in [0, 0.1) is 0 Å². The monoisotopic (exact) mass is 323 g/mol. The van der Waals surface area contributed by atoms with Crippen LogP contribution in [0.25, 0.3) is 11.0 Å². The second-order valence-corrected chi connectivity index (χ2v) is 5.84. The summed E-state index contributed by atoms with van der Waals surface area (Å²) in [6.45, 7) is 0. The van der Waals surface area contributed by atoms with E-state index < -0.39 is 5.63 Å².